The Hall–Kier alpha value is -3.72. The van der Waals surface area contributed by atoms with Crippen molar-refractivity contribution in [2.24, 2.45) is 0 Å². The summed E-state index contributed by atoms with van der Waals surface area (Å²) in [6.07, 6.45) is 0. The van der Waals surface area contributed by atoms with E-state index in [1.165, 1.54) is 0 Å². The number of nitrogens with zero attached hydrogens (tertiary/aromatic N) is 4. The number of nitrogens with one attached hydrogen (secondary N) is 1. The van der Waals surface area contributed by atoms with Gasteiger partial charge in [-0.1, -0.05) is 47.7 Å². The predicted molar refractivity (Wildman–Crippen MR) is 94.4 cm³/mol. The summed E-state index contributed by atoms with van der Waals surface area (Å²) in [6.45, 7) is 1.79. The lowest BCUT2D eigenvalue weighted by Gasteiger charge is -2.14. The first-order chi connectivity index (χ1) is 12.2. The SMILES string of the molecule is Cc1[nH]c(=O)c(C#N)c(-c2ccccc2)c1-n1nnc2ccccc21. The van der Waals surface area contributed by atoms with Crippen LogP contribution in [0.2, 0.25) is 0 Å². The van der Waals surface area contributed by atoms with E-state index in [-0.39, 0.29) is 5.56 Å². The summed E-state index contributed by atoms with van der Waals surface area (Å²) in [4.78, 5) is 15.1. The second kappa shape index (κ2) is 5.73. The van der Waals surface area contributed by atoms with E-state index in [0.717, 1.165) is 16.6 Å². The van der Waals surface area contributed by atoms with Crippen LogP contribution in [0.25, 0.3) is 27.8 Å². The summed E-state index contributed by atoms with van der Waals surface area (Å²) in [5.41, 5.74) is 3.81. The minimum absolute atomic E-state index is 0.0615. The molecular weight excluding hydrogens is 314 g/mol. The number of hydrogen-bond donors (Lipinski definition) is 1. The number of H-pyrrole nitrogens is 1. The van der Waals surface area contributed by atoms with Gasteiger partial charge in [0.2, 0.25) is 0 Å². The molecule has 2 heterocycles. The number of hydrogen-bond acceptors (Lipinski definition) is 4. The van der Waals surface area contributed by atoms with Gasteiger partial charge < -0.3 is 4.98 Å². The van der Waals surface area contributed by atoms with Crippen LogP contribution >= 0.6 is 0 Å². The van der Waals surface area contributed by atoms with E-state index in [2.05, 4.69) is 15.3 Å². The van der Waals surface area contributed by atoms with Gasteiger partial charge in [0.1, 0.15) is 17.1 Å². The lowest BCUT2D eigenvalue weighted by atomic mass is 9.98. The molecule has 0 fully saturated rings. The third kappa shape index (κ3) is 2.30. The molecule has 0 atom stereocenters. The fraction of sp³-hybridized carbons (Fsp3) is 0.0526. The highest BCUT2D eigenvalue weighted by Crippen LogP contribution is 2.31. The van der Waals surface area contributed by atoms with E-state index in [0.29, 0.717) is 16.9 Å². The Morgan fingerprint density at radius 1 is 1.08 bits per heavy atom. The number of aryl methyl sites for hydroxylation is 1. The highest BCUT2D eigenvalue weighted by Gasteiger charge is 2.21. The fourth-order valence-electron chi connectivity index (χ4n) is 3.00. The molecule has 2 aromatic heterocycles. The van der Waals surface area contributed by atoms with Crippen molar-refractivity contribution in [1.29, 1.82) is 5.26 Å². The average molecular weight is 327 g/mol. The van der Waals surface area contributed by atoms with Gasteiger partial charge in [0, 0.05) is 11.3 Å². The first-order valence-corrected chi connectivity index (χ1v) is 7.74. The number of aromatic amines is 1. The van der Waals surface area contributed by atoms with Crippen molar-refractivity contribution in [3.05, 3.63) is 76.2 Å². The summed E-state index contributed by atoms with van der Waals surface area (Å²) >= 11 is 0. The number of nitriles is 1. The number of benzene rings is 2. The molecule has 1 N–H and O–H groups in total. The molecule has 0 bridgehead atoms. The van der Waals surface area contributed by atoms with E-state index in [1.807, 2.05) is 60.7 Å². The Morgan fingerprint density at radius 2 is 1.80 bits per heavy atom. The molecule has 0 unspecified atom stereocenters. The predicted octanol–water partition coefficient (Wildman–Crippen LogP) is 2.96. The van der Waals surface area contributed by atoms with Crippen LogP contribution in [-0.4, -0.2) is 20.0 Å². The molecule has 4 rings (SSSR count). The molecule has 0 spiro atoms. The molecule has 0 aliphatic rings. The maximum atomic E-state index is 12.3. The Kier molecular flexibility index (Phi) is 3.40. The zero-order valence-corrected chi connectivity index (χ0v) is 13.4. The molecule has 0 radical (unpaired) electrons. The molecule has 2 aromatic carbocycles. The summed E-state index contributed by atoms with van der Waals surface area (Å²) < 4.78 is 1.67. The topological polar surface area (TPSA) is 87.4 Å². The summed E-state index contributed by atoms with van der Waals surface area (Å²) in [6, 6.07) is 19.0. The molecule has 6 nitrogen and oxygen atoms in total. The van der Waals surface area contributed by atoms with E-state index in [4.69, 9.17) is 0 Å². The van der Waals surface area contributed by atoms with Gasteiger partial charge in [-0.2, -0.15) is 5.26 Å². The second-order valence-electron chi connectivity index (χ2n) is 5.65. The Bertz CT molecular complexity index is 1180. The fourth-order valence-corrected chi connectivity index (χ4v) is 3.00. The van der Waals surface area contributed by atoms with Crippen LogP contribution in [0.3, 0.4) is 0 Å². The van der Waals surface area contributed by atoms with Crippen molar-refractivity contribution < 1.29 is 0 Å². The largest absolute Gasteiger partial charge is 0.323 e. The molecule has 0 saturated heterocycles. The lowest BCUT2D eigenvalue weighted by Crippen LogP contribution is -2.17. The number of para-hydroxylation sites is 1. The van der Waals surface area contributed by atoms with Gasteiger partial charge in [-0.05, 0) is 24.6 Å². The van der Waals surface area contributed by atoms with Crippen LogP contribution in [0.4, 0.5) is 0 Å². The zero-order valence-electron chi connectivity index (χ0n) is 13.4. The van der Waals surface area contributed by atoms with Crippen LogP contribution in [0.5, 0.6) is 0 Å². The van der Waals surface area contributed by atoms with Gasteiger partial charge in [0.05, 0.1) is 11.2 Å². The van der Waals surface area contributed by atoms with Gasteiger partial charge in [0.25, 0.3) is 5.56 Å². The van der Waals surface area contributed by atoms with E-state index >= 15 is 0 Å². The molecule has 4 aromatic rings. The maximum absolute atomic E-state index is 12.3. The number of rotatable bonds is 2. The Labute approximate surface area is 143 Å². The Morgan fingerprint density at radius 3 is 2.56 bits per heavy atom. The van der Waals surface area contributed by atoms with Crippen molar-refractivity contribution >= 4 is 11.0 Å². The third-order valence-electron chi connectivity index (χ3n) is 4.11. The van der Waals surface area contributed by atoms with Crippen molar-refractivity contribution in [1.82, 2.24) is 20.0 Å². The normalized spacial score (nSPS) is 10.7. The molecule has 25 heavy (non-hydrogen) atoms. The van der Waals surface area contributed by atoms with E-state index in [1.54, 1.807) is 11.6 Å². The zero-order chi connectivity index (χ0) is 17.4. The number of aromatic nitrogens is 4. The Balaban J connectivity index is 2.16. The van der Waals surface area contributed by atoms with Gasteiger partial charge in [-0.15, -0.1) is 5.10 Å². The van der Waals surface area contributed by atoms with Crippen LogP contribution < -0.4 is 5.56 Å². The smallest absolute Gasteiger partial charge is 0.266 e. The van der Waals surface area contributed by atoms with Crippen molar-refractivity contribution in [2.75, 3.05) is 0 Å². The summed E-state index contributed by atoms with van der Waals surface area (Å²) in [5, 5.41) is 18.0. The van der Waals surface area contributed by atoms with E-state index < -0.39 is 5.56 Å². The van der Waals surface area contributed by atoms with Crippen molar-refractivity contribution in [2.45, 2.75) is 6.92 Å². The monoisotopic (exact) mass is 327 g/mol. The molecular formula is C19H13N5O. The highest BCUT2D eigenvalue weighted by atomic mass is 16.1. The van der Waals surface area contributed by atoms with Gasteiger partial charge in [-0.3, -0.25) is 4.79 Å². The number of fused-ring (bicyclic) bond motifs is 1. The van der Waals surface area contributed by atoms with Crippen LogP contribution in [0.15, 0.2) is 59.4 Å². The van der Waals surface area contributed by atoms with Gasteiger partial charge in [0.15, 0.2) is 0 Å². The molecule has 0 saturated carbocycles. The molecule has 120 valence electrons. The van der Waals surface area contributed by atoms with Crippen LogP contribution in [0, 0.1) is 18.3 Å². The first kappa shape index (κ1) is 14.8. The van der Waals surface area contributed by atoms with Gasteiger partial charge in [-0.25, -0.2) is 4.68 Å². The average Bonchev–Trinajstić information content (AvgIpc) is 3.06. The second-order valence-corrected chi connectivity index (χ2v) is 5.65. The molecule has 0 amide bonds. The minimum Gasteiger partial charge on any atom is -0.323 e. The quantitative estimate of drug-likeness (QED) is 0.613. The van der Waals surface area contributed by atoms with Gasteiger partial charge >= 0.3 is 0 Å². The standard InChI is InChI=1S/C19H13N5O/c1-12-18(24-16-10-6-5-9-15(16)22-23-24)17(13-7-3-2-4-8-13)14(11-20)19(25)21-12/h2-10H,1H3,(H,21,25). The molecule has 0 aliphatic heterocycles. The third-order valence-corrected chi connectivity index (χ3v) is 4.11. The van der Waals surface area contributed by atoms with E-state index in [9.17, 15) is 10.1 Å². The summed E-state index contributed by atoms with van der Waals surface area (Å²) in [7, 11) is 0. The van der Waals surface area contributed by atoms with Crippen LogP contribution in [-0.2, 0) is 0 Å². The highest BCUT2D eigenvalue weighted by molar-refractivity contribution is 5.83. The molecule has 0 aliphatic carbocycles. The van der Waals surface area contributed by atoms with Crippen molar-refractivity contribution in [3.63, 3.8) is 0 Å². The minimum atomic E-state index is -0.410. The first-order valence-electron chi connectivity index (χ1n) is 7.74. The van der Waals surface area contributed by atoms with Crippen LogP contribution in [0.1, 0.15) is 11.3 Å². The lowest BCUT2D eigenvalue weighted by molar-refractivity contribution is 0.811. The van der Waals surface area contributed by atoms with Crippen molar-refractivity contribution in [3.8, 4) is 22.9 Å². The molecule has 6 heteroatoms. The maximum Gasteiger partial charge on any atom is 0.266 e. The number of pyridine rings is 1. The summed E-state index contributed by atoms with van der Waals surface area (Å²) in [5.74, 6) is 0.